The summed E-state index contributed by atoms with van der Waals surface area (Å²) in [4.78, 5) is 11.3. The Balaban J connectivity index is 2.20. The first kappa shape index (κ1) is 9.75. The highest BCUT2D eigenvalue weighted by atomic mass is 16.6. The van der Waals surface area contributed by atoms with Gasteiger partial charge in [0.1, 0.15) is 6.10 Å². The van der Waals surface area contributed by atoms with Gasteiger partial charge in [-0.05, 0) is 31.3 Å². The van der Waals surface area contributed by atoms with Crippen molar-refractivity contribution in [1.82, 2.24) is 0 Å². The normalized spacial score (nSPS) is 35.9. The van der Waals surface area contributed by atoms with E-state index in [4.69, 9.17) is 4.74 Å². The fraction of sp³-hybridized carbons (Fsp3) is 0.750. The number of hydrogen-bond donors (Lipinski definition) is 0. The van der Waals surface area contributed by atoms with Crippen LogP contribution in [0.4, 0.5) is 0 Å². The summed E-state index contributed by atoms with van der Waals surface area (Å²) < 4.78 is 5.34. The lowest BCUT2D eigenvalue weighted by Crippen LogP contribution is -2.33. The Kier molecular flexibility index (Phi) is 2.38. The average molecular weight is 194 g/mol. The second kappa shape index (κ2) is 3.41. The van der Waals surface area contributed by atoms with E-state index in [0.29, 0.717) is 12.3 Å². The lowest BCUT2D eigenvalue weighted by Gasteiger charge is -2.34. The van der Waals surface area contributed by atoms with Crippen LogP contribution in [0.25, 0.3) is 0 Å². The molecule has 0 saturated carbocycles. The van der Waals surface area contributed by atoms with Crippen molar-refractivity contribution < 1.29 is 9.53 Å². The van der Waals surface area contributed by atoms with Gasteiger partial charge in [-0.2, -0.15) is 0 Å². The summed E-state index contributed by atoms with van der Waals surface area (Å²) >= 11 is 0. The van der Waals surface area contributed by atoms with Crippen LogP contribution in [0, 0.1) is 11.3 Å². The maximum absolute atomic E-state index is 11.3. The van der Waals surface area contributed by atoms with Crippen LogP contribution in [0.5, 0.6) is 0 Å². The summed E-state index contributed by atoms with van der Waals surface area (Å²) in [6.07, 6.45) is 8.22. The minimum Gasteiger partial charge on any atom is -0.457 e. The molecule has 2 heteroatoms. The fourth-order valence-corrected chi connectivity index (χ4v) is 2.86. The molecular formula is C12H18O2. The molecule has 78 valence electrons. The van der Waals surface area contributed by atoms with E-state index < -0.39 is 0 Å². The van der Waals surface area contributed by atoms with Gasteiger partial charge in [-0.3, -0.25) is 4.79 Å². The monoisotopic (exact) mass is 194 g/mol. The molecular weight excluding hydrogens is 176 g/mol. The minimum absolute atomic E-state index is 0.0119. The molecule has 0 unspecified atom stereocenters. The standard InChI is InChI=1S/C12H18O2/c1-9(2)7-12-6-4-3-5-10(12)14-11(13)8-12/h3,5,9-10H,4,6-8H2,1-2H3/t10-,12+/m0/s1. The van der Waals surface area contributed by atoms with Crippen LogP contribution in [-0.4, -0.2) is 12.1 Å². The number of allylic oxidation sites excluding steroid dienone is 1. The van der Waals surface area contributed by atoms with Crippen molar-refractivity contribution in [3.8, 4) is 0 Å². The molecule has 14 heavy (non-hydrogen) atoms. The number of carbonyl (C=O) groups is 1. The van der Waals surface area contributed by atoms with E-state index in [9.17, 15) is 4.79 Å². The van der Waals surface area contributed by atoms with Crippen molar-refractivity contribution in [2.75, 3.05) is 0 Å². The summed E-state index contributed by atoms with van der Waals surface area (Å²) in [6.45, 7) is 4.43. The van der Waals surface area contributed by atoms with Crippen molar-refractivity contribution in [3.63, 3.8) is 0 Å². The van der Waals surface area contributed by atoms with Crippen molar-refractivity contribution in [3.05, 3.63) is 12.2 Å². The van der Waals surface area contributed by atoms with Gasteiger partial charge in [0.25, 0.3) is 0 Å². The first-order valence-corrected chi connectivity index (χ1v) is 5.48. The largest absolute Gasteiger partial charge is 0.457 e. The average Bonchev–Trinajstić information content (AvgIpc) is 2.38. The van der Waals surface area contributed by atoms with E-state index in [2.05, 4.69) is 26.0 Å². The van der Waals surface area contributed by atoms with Crippen LogP contribution in [-0.2, 0) is 9.53 Å². The molecule has 2 rings (SSSR count). The Labute approximate surface area is 85.3 Å². The van der Waals surface area contributed by atoms with Crippen molar-refractivity contribution in [1.29, 1.82) is 0 Å². The number of ether oxygens (including phenoxy) is 1. The maximum Gasteiger partial charge on any atom is 0.307 e. The summed E-state index contributed by atoms with van der Waals surface area (Å²) in [5.41, 5.74) is 0.125. The highest BCUT2D eigenvalue weighted by Gasteiger charge is 2.48. The predicted molar refractivity (Wildman–Crippen MR) is 54.8 cm³/mol. The van der Waals surface area contributed by atoms with E-state index in [-0.39, 0.29) is 17.5 Å². The summed E-state index contributed by atoms with van der Waals surface area (Å²) in [7, 11) is 0. The third-order valence-electron chi connectivity index (χ3n) is 3.29. The van der Waals surface area contributed by atoms with E-state index in [0.717, 1.165) is 19.3 Å². The first-order valence-electron chi connectivity index (χ1n) is 5.48. The van der Waals surface area contributed by atoms with Crippen LogP contribution < -0.4 is 0 Å². The first-order chi connectivity index (χ1) is 6.62. The molecule has 0 aromatic rings. The number of hydrogen-bond acceptors (Lipinski definition) is 2. The topological polar surface area (TPSA) is 26.3 Å². The molecule has 0 N–H and O–H groups in total. The molecule has 0 aromatic carbocycles. The van der Waals surface area contributed by atoms with Crippen LogP contribution >= 0.6 is 0 Å². The maximum atomic E-state index is 11.3. The Hall–Kier alpha value is -0.790. The Bertz CT molecular complexity index is 267. The molecule has 0 spiro atoms. The summed E-state index contributed by atoms with van der Waals surface area (Å²) in [5.74, 6) is 0.626. The third-order valence-corrected chi connectivity index (χ3v) is 3.29. The van der Waals surface area contributed by atoms with Gasteiger partial charge in [0, 0.05) is 5.41 Å². The van der Waals surface area contributed by atoms with Gasteiger partial charge in [-0.1, -0.05) is 19.9 Å². The number of carbonyl (C=O) groups excluding carboxylic acids is 1. The molecule has 0 aromatic heterocycles. The van der Waals surface area contributed by atoms with E-state index in [1.807, 2.05) is 0 Å². The molecule has 1 aliphatic heterocycles. The van der Waals surface area contributed by atoms with Crippen LogP contribution in [0.2, 0.25) is 0 Å². The molecule has 0 radical (unpaired) electrons. The van der Waals surface area contributed by atoms with Crippen molar-refractivity contribution in [2.45, 2.75) is 45.6 Å². The Morgan fingerprint density at radius 2 is 2.43 bits per heavy atom. The number of fused-ring (bicyclic) bond motifs is 1. The highest BCUT2D eigenvalue weighted by Crippen LogP contribution is 2.47. The van der Waals surface area contributed by atoms with Gasteiger partial charge < -0.3 is 4.74 Å². The second-order valence-electron chi connectivity index (χ2n) is 5.01. The zero-order valence-corrected chi connectivity index (χ0v) is 8.95. The molecule has 1 fully saturated rings. The molecule has 2 atom stereocenters. The van der Waals surface area contributed by atoms with Gasteiger partial charge in [-0.15, -0.1) is 0 Å². The smallest absolute Gasteiger partial charge is 0.307 e. The van der Waals surface area contributed by atoms with Gasteiger partial charge in [0.2, 0.25) is 0 Å². The zero-order chi connectivity index (χ0) is 10.2. The van der Waals surface area contributed by atoms with Crippen LogP contribution in [0.3, 0.4) is 0 Å². The van der Waals surface area contributed by atoms with Gasteiger partial charge in [0.05, 0.1) is 6.42 Å². The zero-order valence-electron chi connectivity index (χ0n) is 8.95. The van der Waals surface area contributed by atoms with Crippen molar-refractivity contribution in [2.24, 2.45) is 11.3 Å². The minimum atomic E-state index is -0.0119. The van der Waals surface area contributed by atoms with Gasteiger partial charge >= 0.3 is 5.97 Å². The fourth-order valence-electron chi connectivity index (χ4n) is 2.86. The molecule has 1 aliphatic carbocycles. The number of rotatable bonds is 2. The molecule has 0 bridgehead atoms. The second-order valence-corrected chi connectivity index (χ2v) is 5.01. The van der Waals surface area contributed by atoms with Gasteiger partial charge in [-0.25, -0.2) is 0 Å². The number of esters is 1. The van der Waals surface area contributed by atoms with E-state index >= 15 is 0 Å². The van der Waals surface area contributed by atoms with E-state index in [1.165, 1.54) is 0 Å². The summed E-state index contributed by atoms with van der Waals surface area (Å²) in [5, 5.41) is 0. The Morgan fingerprint density at radius 1 is 1.64 bits per heavy atom. The third kappa shape index (κ3) is 1.58. The molecule has 0 amide bonds. The van der Waals surface area contributed by atoms with Crippen molar-refractivity contribution >= 4 is 5.97 Å². The lowest BCUT2D eigenvalue weighted by molar-refractivity contribution is -0.140. The van der Waals surface area contributed by atoms with Gasteiger partial charge in [0.15, 0.2) is 0 Å². The lowest BCUT2D eigenvalue weighted by atomic mass is 9.69. The van der Waals surface area contributed by atoms with Crippen LogP contribution in [0.1, 0.15) is 39.5 Å². The molecule has 1 saturated heterocycles. The predicted octanol–water partition coefficient (Wildman–Crippen LogP) is 2.68. The molecule has 2 aliphatic rings. The van der Waals surface area contributed by atoms with E-state index in [1.54, 1.807) is 0 Å². The quantitative estimate of drug-likeness (QED) is 0.499. The Morgan fingerprint density at radius 3 is 3.14 bits per heavy atom. The SMILES string of the molecule is CC(C)C[C@@]12CCC=C[C@@H]1OC(=O)C2. The summed E-state index contributed by atoms with van der Waals surface area (Å²) in [6, 6.07) is 0. The van der Waals surface area contributed by atoms with Crippen LogP contribution in [0.15, 0.2) is 12.2 Å². The highest BCUT2D eigenvalue weighted by molar-refractivity contribution is 5.73. The molecule has 2 nitrogen and oxygen atoms in total. The molecule has 1 heterocycles.